The molecule has 0 fully saturated rings. The Labute approximate surface area is 219 Å². The molecule has 0 rings (SSSR count). The van der Waals surface area contributed by atoms with Crippen LogP contribution in [0.4, 0.5) is 0 Å². The summed E-state index contributed by atoms with van der Waals surface area (Å²) >= 11 is 0. The van der Waals surface area contributed by atoms with E-state index in [1.807, 2.05) is 13.8 Å². The first-order chi connectivity index (χ1) is 15.0. The normalized spacial score (nSPS) is 9.38. The molecule has 0 aromatic carbocycles. The fourth-order valence-electron chi connectivity index (χ4n) is 0.536. The van der Waals surface area contributed by atoms with Gasteiger partial charge in [0.2, 0.25) is 0 Å². The molecule has 15 nitrogen and oxygen atoms in total. The van der Waals surface area contributed by atoms with Gasteiger partial charge in [-0.2, -0.15) is 0 Å². The first-order valence-electron chi connectivity index (χ1n) is 8.98. The molecule has 0 aromatic heterocycles. The minimum absolute atomic E-state index is 0. The predicted octanol–water partition coefficient (Wildman–Crippen LogP) is 0.598. The Bertz CT molecular complexity index is 546. The Kier molecular flexibility index (Phi) is 64.0. The SMILES string of the molecule is C/C(=N\O)C(=O)O.CCCO.CCCOCOC(=O)/C(C)=N/O.CCO.O=C(O)/C=N/O.[Cu].[Cu]. The van der Waals surface area contributed by atoms with Gasteiger partial charge in [0, 0.05) is 47.4 Å². The van der Waals surface area contributed by atoms with Crippen LogP contribution in [0.1, 0.15) is 47.5 Å². The van der Waals surface area contributed by atoms with Crippen LogP contribution in [0.3, 0.4) is 0 Å². The molecule has 17 heteroatoms. The standard InChI is InChI=1S/C7H13NO4.C3H5NO3.C3H8O.C2H3NO3.C2H6O.2Cu/c1-3-4-11-5-12-7(9)6(2)8-10;1-2(4-7)3(5)6;1-2-3-4;4-2(5)1-3-6;1-2-3;;/h10H,3-5H2,1-2H3;7H,1H3,(H,5,6);4H,2-3H2,1H3;1,6H,(H,4,5);3H,2H2,1H3;;/b8-6+;4-2+;;3-1+;;;. The largest absolute Gasteiger partial charge is 0.477 e. The van der Waals surface area contributed by atoms with Crippen molar-refractivity contribution in [2.24, 2.45) is 15.5 Å². The average molecular weight is 601 g/mol. The second-order valence-electron chi connectivity index (χ2n) is 4.76. The smallest absolute Gasteiger partial charge is 0.357 e. The van der Waals surface area contributed by atoms with Crippen molar-refractivity contribution in [1.29, 1.82) is 0 Å². The van der Waals surface area contributed by atoms with E-state index in [0.717, 1.165) is 12.8 Å². The summed E-state index contributed by atoms with van der Waals surface area (Å²) < 4.78 is 9.41. The molecule has 7 N–H and O–H groups in total. The maximum absolute atomic E-state index is 10.7. The third-order valence-corrected chi connectivity index (χ3v) is 1.92. The molecule has 0 bridgehead atoms. The molecule has 0 aliphatic heterocycles. The summed E-state index contributed by atoms with van der Waals surface area (Å²) in [5.74, 6) is -3.13. The van der Waals surface area contributed by atoms with E-state index in [9.17, 15) is 14.4 Å². The van der Waals surface area contributed by atoms with E-state index in [-0.39, 0.29) is 59.0 Å². The topological polar surface area (TPSA) is 248 Å². The number of aliphatic hydroxyl groups is 2. The van der Waals surface area contributed by atoms with Crippen LogP contribution in [0.2, 0.25) is 0 Å². The molecule has 34 heavy (non-hydrogen) atoms. The molecule has 0 atom stereocenters. The molecule has 212 valence electrons. The summed E-state index contributed by atoms with van der Waals surface area (Å²) in [4.78, 5) is 29.7. The van der Waals surface area contributed by atoms with Crippen molar-refractivity contribution in [2.75, 3.05) is 26.6 Å². The molecule has 2 radical (unpaired) electrons. The van der Waals surface area contributed by atoms with Crippen LogP contribution in [0.5, 0.6) is 0 Å². The number of nitrogens with zero attached hydrogens (tertiary/aromatic N) is 3. The van der Waals surface area contributed by atoms with E-state index in [0.29, 0.717) is 19.4 Å². The van der Waals surface area contributed by atoms with Crippen molar-refractivity contribution >= 4 is 35.5 Å². The van der Waals surface area contributed by atoms with Crippen LogP contribution in [0.15, 0.2) is 15.5 Å². The number of carbonyl (C=O) groups is 3. The quantitative estimate of drug-likeness (QED) is 0.0385. The van der Waals surface area contributed by atoms with Crippen molar-refractivity contribution in [3.63, 3.8) is 0 Å². The van der Waals surface area contributed by atoms with Crippen LogP contribution in [0, 0.1) is 0 Å². The number of carboxylic acid groups (broad SMARTS) is 2. The van der Waals surface area contributed by atoms with E-state index in [2.05, 4.69) is 20.2 Å². The van der Waals surface area contributed by atoms with Crippen LogP contribution in [0.25, 0.3) is 0 Å². The average Bonchev–Trinajstić information content (AvgIpc) is 2.76. The summed E-state index contributed by atoms with van der Waals surface area (Å²) in [5.41, 5.74) is -0.393. The minimum atomic E-state index is -1.25. The van der Waals surface area contributed by atoms with Crippen LogP contribution in [-0.2, 0) is 58.0 Å². The van der Waals surface area contributed by atoms with Crippen molar-refractivity contribution < 1.29 is 94.0 Å². The Hall–Kier alpha value is -2.26. The molecule has 0 aliphatic rings. The third-order valence-electron chi connectivity index (χ3n) is 1.92. The van der Waals surface area contributed by atoms with Gasteiger partial charge in [-0.1, -0.05) is 29.3 Å². The zero-order valence-corrected chi connectivity index (χ0v) is 21.3. The van der Waals surface area contributed by atoms with E-state index in [1.165, 1.54) is 13.8 Å². The summed E-state index contributed by atoms with van der Waals surface area (Å²) in [6, 6.07) is 0. The minimum Gasteiger partial charge on any atom is -0.477 e. The number of carboxylic acids is 2. The van der Waals surface area contributed by atoms with Gasteiger partial charge < -0.3 is 45.5 Å². The number of ether oxygens (including phenoxy) is 2. The van der Waals surface area contributed by atoms with Crippen molar-refractivity contribution in [3.05, 3.63) is 0 Å². The van der Waals surface area contributed by atoms with Gasteiger partial charge in [0.25, 0.3) is 0 Å². The van der Waals surface area contributed by atoms with Crippen molar-refractivity contribution in [3.8, 4) is 0 Å². The maximum atomic E-state index is 10.7. The van der Waals surface area contributed by atoms with E-state index in [1.54, 1.807) is 6.92 Å². The summed E-state index contributed by atoms with van der Waals surface area (Å²) in [6.07, 6.45) is 2.13. The van der Waals surface area contributed by atoms with E-state index >= 15 is 0 Å². The molecule has 0 heterocycles. The van der Waals surface area contributed by atoms with Crippen molar-refractivity contribution in [1.82, 2.24) is 0 Å². The van der Waals surface area contributed by atoms with E-state index in [4.69, 9.17) is 40.8 Å². The fraction of sp³-hybridized carbons (Fsp3) is 0.647. The first kappa shape index (κ1) is 49.0. The van der Waals surface area contributed by atoms with Gasteiger partial charge in [-0.05, 0) is 33.6 Å². The van der Waals surface area contributed by atoms with Gasteiger partial charge >= 0.3 is 17.9 Å². The van der Waals surface area contributed by atoms with Gasteiger partial charge in [0.05, 0.1) is 6.61 Å². The molecule has 0 amide bonds. The summed E-state index contributed by atoms with van der Waals surface area (Å²) in [5, 5.41) is 61.5. The number of aliphatic hydroxyl groups excluding tert-OH is 2. The van der Waals surface area contributed by atoms with Gasteiger partial charge in [-0.15, -0.1) is 0 Å². The van der Waals surface area contributed by atoms with Crippen molar-refractivity contribution in [2.45, 2.75) is 47.5 Å². The molecule has 0 saturated heterocycles. The molecular weight excluding hydrogens is 565 g/mol. The molecule has 0 saturated carbocycles. The van der Waals surface area contributed by atoms with Gasteiger partial charge in [-0.3, -0.25) is 0 Å². The third kappa shape index (κ3) is 63.0. The number of hydrogen-bond acceptors (Lipinski definition) is 13. The zero-order valence-electron chi connectivity index (χ0n) is 19.4. The summed E-state index contributed by atoms with van der Waals surface area (Å²) in [6.45, 7) is 9.12. The Morgan fingerprint density at radius 3 is 1.44 bits per heavy atom. The molecule has 0 aliphatic carbocycles. The molecule has 0 aromatic rings. The number of esters is 1. The van der Waals surface area contributed by atoms with Crippen LogP contribution >= 0.6 is 0 Å². The summed E-state index contributed by atoms with van der Waals surface area (Å²) in [7, 11) is 0. The first-order valence-corrected chi connectivity index (χ1v) is 8.98. The Balaban J connectivity index is -0.0000000575. The Morgan fingerprint density at radius 2 is 1.26 bits per heavy atom. The number of carbonyl (C=O) groups excluding carboxylic acids is 1. The van der Waals surface area contributed by atoms with E-state index < -0.39 is 17.9 Å². The van der Waals surface area contributed by atoms with Gasteiger partial charge in [0.1, 0.15) is 0 Å². The molecular formula is C17H35Cu2N3O12. The second kappa shape index (κ2) is 44.4. The number of oxime groups is 3. The number of hydrogen-bond donors (Lipinski definition) is 7. The molecule has 0 spiro atoms. The predicted molar refractivity (Wildman–Crippen MR) is 113 cm³/mol. The monoisotopic (exact) mass is 599 g/mol. The maximum Gasteiger partial charge on any atom is 0.357 e. The van der Waals surface area contributed by atoms with Crippen LogP contribution < -0.4 is 0 Å². The van der Waals surface area contributed by atoms with Gasteiger partial charge in [-0.25, -0.2) is 14.4 Å². The zero-order chi connectivity index (χ0) is 26.4. The fourth-order valence-corrected chi connectivity index (χ4v) is 0.536. The van der Waals surface area contributed by atoms with Gasteiger partial charge in [0.15, 0.2) is 24.4 Å². The molecule has 0 unspecified atom stereocenters. The number of rotatable bonds is 8. The van der Waals surface area contributed by atoms with Crippen LogP contribution in [-0.4, -0.2) is 98.2 Å². The second-order valence-corrected chi connectivity index (χ2v) is 4.76. The number of aliphatic carboxylic acids is 2. The Morgan fingerprint density at radius 1 is 0.853 bits per heavy atom.